The van der Waals surface area contributed by atoms with Gasteiger partial charge in [0.2, 0.25) is 0 Å². The van der Waals surface area contributed by atoms with Gasteiger partial charge in [-0.05, 0) is 37.2 Å². The van der Waals surface area contributed by atoms with Crippen LogP contribution in [0.2, 0.25) is 0 Å². The average Bonchev–Trinajstić information content (AvgIpc) is 2.65. The number of halogens is 1. The molecule has 2 aromatic rings. The van der Waals surface area contributed by atoms with E-state index in [2.05, 4.69) is 15.3 Å². The smallest absolute Gasteiger partial charge is 0.254 e. The monoisotopic (exact) mass is 259 g/mol. The van der Waals surface area contributed by atoms with E-state index in [1.807, 2.05) is 0 Å². The van der Waals surface area contributed by atoms with Gasteiger partial charge >= 0.3 is 0 Å². The molecule has 1 aromatic heterocycles. The van der Waals surface area contributed by atoms with E-state index in [-0.39, 0.29) is 11.4 Å². The maximum Gasteiger partial charge on any atom is 0.254 e. The molecule has 0 spiro atoms. The number of hydrogen-bond donors (Lipinski definition) is 2. The van der Waals surface area contributed by atoms with Crippen LogP contribution in [0.4, 0.5) is 4.39 Å². The fraction of sp³-hybridized carbons (Fsp3) is 0.286. The van der Waals surface area contributed by atoms with Gasteiger partial charge in [0.25, 0.3) is 5.56 Å². The molecule has 0 saturated carbocycles. The van der Waals surface area contributed by atoms with Crippen molar-refractivity contribution >= 4 is 0 Å². The zero-order valence-corrected chi connectivity index (χ0v) is 10.4. The van der Waals surface area contributed by atoms with Crippen LogP contribution in [0.3, 0.4) is 0 Å². The van der Waals surface area contributed by atoms with Gasteiger partial charge in [0.1, 0.15) is 11.6 Å². The molecule has 1 aliphatic rings. The Hall–Kier alpha value is -2.01. The molecule has 0 radical (unpaired) electrons. The minimum absolute atomic E-state index is 0.0898. The number of aromatic amines is 1. The zero-order valence-electron chi connectivity index (χ0n) is 10.4. The van der Waals surface area contributed by atoms with Gasteiger partial charge in [0.15, 0.2) is 0 Å². The second-order valence-corrected chi connectivity index (χ2v) is 4.60. The number of fused-ring (bicyclic) bond motifs is 1. The van der Waals surface area contributed by atoms with Crippen LogP contribution in [-0.4, -0.2) is 23.1 Å². The van der Waals surface area contributed by atoms with Crippen LogP contribution < -0.4 is 10.9 Å². The standard InChI is InChI=1S/C14H14FN3O/c15-10-3-1-9(2-4-10)13-17-12-6-8-16-7-5-11(12)14(19)18-13/h1-4,16H,5-8H2,(H,17,18,19). The molecular formula is C14H14FN3O. The van der Waals surface area contributed by atoms with Crippen molar-refractivity contribution in [3.05, 3.63) is 51.7 Å². The Kier molecular flexibility index (Phi) is 3.13. The molecule has 0 fully saturated rings. The first-order valence-electron chi connectivity index (χ1n) is 6.33. The van der Waals surface area contributed by atoms with Crippen molar-refractivity contribution in [2.75, 3.05) is 13.1 Å². The summed E-state index contributed by atoms with van der Waals surface area (Å²) in [5.74, 6) is 0.204. The maximum atomic E-state index is 12.9. The average molecular weight is 259 g/mol. The van der Waals surface area contributed by atoms with Crippen molar-refractivity contribution < 1.29 is 4.39 Å². The van der Waals surface area contributed by atoms with Gasteiger partial charge in [0, 0.05) is 24.1 Å². The quantitative estimate of drug-likeness (QED) is 0.810. The van der Waals surface area contributed by atoms with Crippen LogP contribution in [0.25, 0.3) is 11.4 Å². The molecule has 1 aromatic carbocycles. The highest BCUT2D eigenvalue weighted by molar-refractivity contribution is 5.54. The third kappa shape index (κ3) is 2.42. The second kappa shape index (κ2) is 4.93. The summed E-state index contributed by atoms with van der Waals surface area (Å²) in [5.41, 5.74) is 2.23. The molecule has 0 saturated heterocycles. The van der Waals surface area contributed by atoms with Crippen LogP contribution in [0.1, 0.15) is 11.3 Å². The molecule has 4 nitrogen and oxygen atoms in total. The van der Waals surface area contributed by atoms with Crippen LogP contribution in [0.15, 0.2) is 29.1 Å². The Morgan fingerprint density at radius 1 is 1.11 bits per heavy atom. The van der Waals surface area contributed by atoms with Crippen molar-refractivity contribution in [2.45, 2.75) is 12.8 Å². The summed E-state index contributed by atoms with van der Waals surface area (Å²) in [4.78, 5) is 19.4. The third-order valence-corrected chi connectivity index (χ3v) is 3.31. The molecule has 1 aliphatic heterocycles. The van der Waals surface area contributed by atoms with Crippen molar-refractivity contribution in [3.63, 3.8) is 0 Å². The molecule has 0 bridgehead atoms. The van der Waals surface area contributed by atoms with Crippen LogP contribution in [0, 0.1) is 5.82 Å². The summed E-state index contributed by atoms with van der Waals surface area (Å²) in [6.07, 6.45) is 1.44. The van der Waals surface area contributed by atoms with Crippen LogP contribution >= 0.6 is 0 Å². The SMILES string of the molecule is O=c1[nH]c(-c2ccc(F)cc2)nc2c1CCNCC2. The molecule has 2 heterocycles. The number of nitrogens with zero attached hydrogens (tertiary/aromatic N) is 1. The number of hydrogen-bond acceptors (Lipinski definition) is 3. The summed E-state index contributed by atoms with van der Waals surface area (Å²) < 4.78 is 12.9. The van der Waals surface area contributed by atoms with Gasteiger partial charge in [-0.15, -0.1) is 0 Å². The fourth-order valence-corrected chi connectivity index (χ4v) is 2.30. The predicted molar refractivity (Wildman–Crippen MR) is 70.5 cm³/mol. The predicted octanol–water partition coefficient (Wildman–Crippen LogP) is 1.26. The van der Waals surface area contributed by atoms with Gasteiger partial charge in [-0.1, -0.05) is 0 Å². The van der Waals surface area contributed by atoms with Gasteiger partial charge in [-0.3, -0.25) is 4.79 Å². The number of benzene rings is 1. The van der Waals surface area contributed by atoms with E-state index < -0.39 is 0 Å². The Bertz CT molecular complexity index is 649. The highest BCUT2D eigenvalue weighted by Gasteiger charge is 2.14. The van der Waals surface area contributed by atoms with Gasteiger partial charge in [-0.25, -0.2) is 9.37 Å². The van der Waals surface area contributed by atoms with Crippen molar-refractivity contribution in [2.24, 2.45) is 0 Å². The zero-order chi connectivity index (χ0) is 13.2. The van der Waals surface area contributed by atoms with Crippen molar-refractivity contribution in [1.29, 1.82) is 0 Å². The summed E-state index contributed by atoms with van der Waals surface area (Å²) in [7, 11) is 0. The second-order valence-electron chi connectivity index (χ2n) is 4.60. The molecule has 19 heavy (non-hydrogen) atoms. The molecule has 0 atom stereocenters. The van der Waals surface area contributed by atoms with E-state index >= 15 is 0 Å². The minimum atomic E-state index is -0.301. The van der Waals surface area contributed by atoms with Crippen LogP contribution in [0.5, 0.6) is 0 Å². The van der Waals surface area contributed by atoms with E-state index in [0.29, 0.717) is 12.2 Å². The van der Waals surface area contributed by atoms with E-state index in [0.717, 1.165) is 36.3 Å². The lowest BCUT2D eigenvalue weighted by atomic mass is 10.1. The number of nitrogens with one attached hydrogen (secondary N) is 2. The maximum absolute atomic E-state index is 12.9. The molecule has 0 aliphatic carbocycles. The summed E-state index contributed by atoms with van der Waals surface area (Å²) >= 11 is 0. The van der Waals surface area contributed by atoms with E-state index in [9.17, 15) is 9.18 Å². The molecule has 0 unspecified atom stereocenters. The highest BCUT2D eigenvalue weighted by Crippen LogP contribution is 2.16. The summed E-state index contributed by atoms with van der Waals surface area (Å²) in [5, 5.41) is 3.25. The molecule has 2 N–H and O–H groups in total. The Morgan fingerprint density at radius 2 is 1.84 bits per heavy atom. The molecule has 3 rings (SSSR count). The lowest BCUT2D eigenvalue weighted by molar-refractivity contribution is 0.628. The van der Waals surface area contributed by atoms with Crippen LogP contribution in [-0.2, 0) is 12.8 Å². The van der Waals surface area contributed by atoms with E-state index in [1.54, 1.807) is 12.1 Å². The Labute approximate surface area is 109 Å². The molecule has 5 heteroatoms. The minimum Gasteiger partial charge on any atom is -0.316 e. The number of aromatic nitrogens is 2. The largest absolute Gasteiger partial charge is 0.316 e. The first-order valence-corrected chi connectivity index (χ1v) is 6.33. The first kappa shape index (κ1) is 12.0. The summed E-state index contributed by atoms with van der Waals surface area (Å²) in [6.45, 7) is 1.62. The molecule has 98 valence electrons. The van der Waals surface area contributed by atoms with Crippen molar-refractivity contribution in [1.82, 2.24) is 15.3 Å². The topological polar surface area (TPSA) is 57.8 Å². The molecular weight excluding hydrogens is 245 g/mol. The number of H-pyrrole nitrogens is 1. The third-order valence-electron chi connectivity index (χ3n) is 3.31. The highest BCUT2D eigenvalue weighted by atomic mass is 19.1. The fourth-order valence-electron chi connectivity index (χ4n) is 2.30. The van der Waals surface area contributed by atoms with E-state index in [1.165, 1.54) is 12.1 Å². The lowest BCUT2D eigenvalue weighted by Crippen LogP contribution is -2.19. The Morgan fingerprint density at radius 3 is 2.63 bits per heavy atom. The van der Waals surface area contributed by atoms with Gasteiger partial charge < -0.3 is 10.3 Å². The van der Waals surface area contributed by atoms with Gasteiger partial charge in [-0.2, -0.15) is 0 Å². The van der Waals surface area contributed by atoms with Gasteiger partial charge in [0.05, 0.1) is 5.69 Å². The summed E-state index contributed by atoms with van der Waals surface area (Å²) in [6, 6.07) is 5.97. The first-order chi connectivity index (χ1) is 9.24. The number of rotatable bonds is 1. The lowest BCUT2D eigenvalue weighted by Gasteiger charge is -2.07. The van der Waals surface area contributed by atoms with Crippen molar-refractivity contribution in [3.8, 4) is 11.4 Å². The normalized spacial score (nSPS) is 14.8. The molecule has 0 amide bonds. The van der Waals surface area contributed by atoms with E-state index in [4.69, 9.17) is 0 Å². The Balaban J connectivity index is 2.08.